The molecule has 2 amide bonds. The molecular weight excluding hydrogens is 297 g/mol. The summed E-state index contributed by atoms with van der Waals surface area (Å²) in [5.74, 6) is 0.169. The molecule has 1 aliphatic rings. The molecule has 7 heteroatoms. The third kappa shape index (κ3) is 3.52. The molecule has 0 fully saturated rings. The molecule has 0 radical (unpaired) electrons. The fraction of sp³-hybridized carbons (Fsp3) is 0.533. The summed E-state index contributed by atoms with van der Waals surface area (Å²) in [6.45, 7) is 1.19. The quantitative estimate of drug-likeness (QED) is 0.900. The van der Waals surface area contributed by atoms with Gasteiger partial charge in [0.25, 0.3) is 0 Å². The molecule has 0 aliphatic heterocycles. The number of aliphatic hydroxyl groups excluding tert-OH is 1. The van der Waals surface area contributed by atoms with Gasteiger partial charge in [-0.25, -0.2) is 4.79 Å². The van der Waals surface area contributed by atoms with Gasteiger partial charge in [-0.05, 0) is 23.5 Å². The molecule has 1 aromatic rings. The van der Waals surface area contributed by atoms with Gasteiger partial charge in [0, 0.05) is 7.05 Å². The molecular formula is C15H19F3N2O2. The molecule has 22 heavy (non-hydrogen) atoms. The van der Waals surface area contributed by atoms with Crippen LogP contribution in [0.1, 0.15) is 24.1 Å². The molecule has 0 heterocycles. The van der Waals surface area contributed by atoms with Crippen LogP contribution in [0.5, 0.6) is 0 Å². The van der Waals surface area contributed by atoms with Crippen molar-refractivity contribution in [3.05, 3.63) is 35.4 Å². The first-order valence-electron chi connectivity index (χ1n) is 7.04. The van der Waals surface area contributed by atoms with Crippen LogP contribution in [-0.2, 0) is 6.42 Å². The molecule has 0 aromatic heterocycles. The third-order valence-electron chi connectivity index (χ3n) is 3.95. The lowest BCUT2D eigenvalue weighted by atomic mass is 10.0. The Bertz CT molecular complexity index is 548. The average Bonchev–Trinajstić information content (AvgIpc) is 2.74. The Hall–Kier alpha value is -1.76. The van der Waals surface area contributed by atoms with Gasteiger partial charge in [-0.3, -0.25) is 0 Å². The van der Waals surface area contributed by atoms with Gasteiger partial charge in [0.15, 0.2) is 6.10 Å². The van der Waals surface area contributed by atoms with Crippen LogP contribution in [-0.4, -0.2) is 41.9 Å². The van der Waals surface area contributed by atoms with Gasteiger partial charge >= 0.3 is 12.2 Å². The van der Waals surface area contributed by atoms with Crippen molar-refractivity contribution in [1.82, 2.24) is 10.2 Å². The lowest BCUT2D eigenvalue weighted by molar-refractivity contribution is -0.205. The zero-order chi connectivity index (χ0) is 16.5. The maximum Gasteiger partial charge on any atom is 0.416 e. The number of urea groups is 1. The molecule has 0 spiro atoms. The van der Waals surface area contributed by atoms with E-state index in [0.717, 1.165) is 22.4 Å². The number of hydrogen-bond donors (Lipinski definition) is 2. The number of amides is 2. The number of halogens is 3. The summed E-state index contributed by atoms with van der Waals surface area (Å²) >= 11 is 0. The van der Waals surface area contributed by atoms with Crippen molar-refractivity contribution in [3.63, 3.8) is 0 Å². The Labute approximate surface area is 126 Å². The van der Waals surface area contributed by atoms with Crippen LogP contribution in [0.25, 0.3) is 0 Å². The normalized spacial score (nSPS) is 22.1. The number of aliphatic hydroxyl groups is 1. The number of carbonyl (C=O) groups is 1. The largest absolute Gasteiger partial charge is 0.416 e. The minimum Gasteiger partial charge on any atom is -0.382 e. The van der Waals surface area contributed by atoms with Crippen molar-refractivity contribution in [1.29, 1.82) is 0 Å². The second kappa shape index (κ2) is 6.16. The molecule has 1 aliphatic carbocycles. The van der Waals surface area contributed by atoms with Gasteiger partial charge in [0.1, 0.15) is 0 Å². The number of alkyl halides is 3. The minimum absolute atomic E-state index is 0.169. The standard InChI is InChI=1S/C15H19F3N2O2/c1-9-7-10-5-3-4-6-11(10)13(9)19-14(22)20(2)8-12(21)15(16,17)18/h3-6,9,12-13,21H,7-8H2,1-2H3,(H,19,22)/t9-,12-,13-/m1/s1. The predicted octanol–water partition coefficient (Wildman–Crippen LogP) is 2.48. The molecule has 2 rings (SSSR count). The number of hydrogen-bond acceptors (Lipinski definition) is 2. The molecule has 0 saturated heterocycles. The number of fused-ring (bicyclic) bond motifs is 1. The van der Waals surface area contributed by atoms with Gasteiger partial charge in [-0.1, -0.05) is 31.2 Å². The summed E-state index contributed by atoms with van der Waals surface area (Å²) in [5.41, 5.74) is 2.13. The second-order valence-corrected chi connectivity index (χ2v) is 5.75. The Morgan fingerprint density at radius 2 is 2.09 bits per heavy atom. The molecule has 3 atom stereocenters. The van der Waals surface area contributed by atoms with Crippen LogP contribution in [0, 0.1) is 5.92 Å². The molecule has 4 nitrogen and oxygen atoms in total. The zero-order valence-corrected chi connectivity index (χ0v) is 12.4. The minimum atomic E-state index is -4.73. The van der Waals surface area contributed by atoms with Gasteiger partial charge in [0.05, 0.1) is 12.6 Å². The Kier molecular flexibility index (Phi) is 4.65. The number of nitrogens with one attached hydrogen (secondary N) is 1. The predicted molar refractivity (Wildman–Crippen MR) is 75.3 cm³/mol. The van der Waals surface area contributed by atoms with E-state index in [1.165, 1.54) is 7.05 Å². The van der Waals surface area contributed by atoms with Crippen LogP contribution in [0.15, 0.2) is 24.3 Å². The van der Waals surface area contributed by atoms with Crippen LogP contribution in [0.3, 0.4) is 0 Å². The molecule has 0 saturated carbocycles. The highest BCUT2D eigenvalue weighted by atomic mass is 19.4. The van der Waals surface area contributed by atoms with E-state index in [9.17, 15) is 18.0 Å². The summed E-state index contributed by atoms with van der Waals surface area (Å²) < 4.78 is 37.0. The summed E-state index contributed by atoms with van der Waals surface area (Å²) in [6, 6.07) is 6.82. The van der Waals surface area contributed by atoms with Crippen molar-refractivity contribution in [2.75, 3.05) is 13.6 Å². The first-order valence-corrected chi connectivity index (χ1v) is 7.04. The lowest BCUT2D eigenvalue weighted by Gasteiger charge is -2.26. The smallest absolute Gasteiger partial charge is 0.382 e. The van der Waals surface area contributed by atoms with Crippen LogP contribution in [0.4, 0.5) is 18.0 Å². The van der Waals surface area contributed by atoms with E-state index in [1.807, 2.05) is 31.2 Å². The van der Waals surface area contributed by atoms with E-state index in [4.69, 9.17) is 5.11 Å². The van der Waals surface area contributed by atoms with E-state index in [0.29, 0.717) is 0 Å². The number of rotatable bonds is 3. The SMILES string of the molecule is C[C@@H]1Cc2ccccc2[C@@H]1NC(=O)N(C)C[C@@H](O)C(F)(F)F. The van der Waals surface area contributed by atoms with Crippen LogP contribution >= 0.6 is 0 Å². The lowest BCUT2D eigenvalue weighted by Crippen LogP contribution is -2.46. The van der Waals surface area contributed by atoms with E-state index in [-0.39, 0.29) is 12.0 Å². The number of nitrogens with zero attached hydrogens (tertiary/aromatic N) is 1. The molecule has 0 unspecified atom stereocenters. The van der Waals surface area contributed by atoms with E-state index < -0.39 is 24.9 Å². The first-order chi connectivity index (χ1) is 10.2. The number of carbonyl (C=O) groups excluding carboxylic acids is 1. The van der Waals surface area contributed by atoms with Gasteiger partial charge in [-0.2, -0.15) is 13.2 Å². The van der Waals surface area contributed by atoms with Crippen molar-refractivity contribution in [3.8, 4) is 0 Å². The van der Waals surface area contributed by atoms with Gasteiger partial charge in [0.2, 0.25) is 0 Å². The van der Waals surface area contributed by atoms with Crippen molar-refractivity contribution >= 4 is 6.03 Å². The summed E-state index contributed by atoms with van der Waals surface area (Å²) in [4.78, 5) is 12.9. The Morgan fingerprint density at radius 1 is 1.45 bits per heavy atom. The van der Waals surface area contributed by atoms with E-state index >= 15 is 0 Å². The zero-order valence-electron chi connectivity index (χ0n) is 12.4. The average molecular weight is 316 g/mol. The van der Waals surface area contributed by atoms with E-state index in [2.05, 4.69) is 5.32 Å². The molecule has 1 aromatic carbocycles. The number of likely N-dealkylation sites (N-methyl/N-ethyl adjacent to an activating group) is 1. The summed E-state index contributed by atoms with van der Waals surface area (Å²) in [5, 5.41) is 11.8. The van der Waals surface area contributed by atoms with E-state index in [1.54, 1.807) is 0 Å². The summed E-state index contributed by atoms with van der Waals surface area (Å²) in [7, 11) is 1.23. The van der Waals surface area contributed by atoms with Crippen molar-refractivity contribution in [2.45, 2.75) is 31.7 Å². The first kappa shape index (κ1) is 16.6. The van der Waals surface area contributed by atoms with Crippen LogP contribution < -0.4 is 5.32 Å². The van der Waals surface area contributed by atoms with Crippen molar-refractivity contribution in [2.24, 2.45) is 5.92 Å². The highest BCUT2D eigenvalue weighted by Crippen LogP contribution is 2.35. The fourth-order valence-electron chi connectivity index (χ4n) is 2.70. The van der Waals surface area contributed by atoms with Crippen molar-refractivity contribution < 1.29 is 23.1 Å². The molecule has 122 valence electrons. The topological polar surface area (TPSA) is 52.6 Å². The maximum absolute atomic E-state index is 12.3. The molecule has 0 bridgehead atoms. The maximum atomic E-state index is 12.3. The number of benzene rings is 1. The highest BCUT2D eigenvalue weighted by Gasteiger charge is 2.40. The van der Waals surface area contributed by atoms with Crippen LogP contribution in [0.2, 0.25) is 0 Å². The molecule has 2 N–H and O–H groups in total. The highest BCUT2D eigenvalue weighted by molar-refractivity contribution is 5.74. The summed E-state index contributed by atoms with van der Waals surface area (Å²) in [6.07, 6.45) is -6.46. The second-order valence-electron chi connectivity index (χ2n) is 5.75. The monoisotopic (exact) mass is 316 g/mol. The fourth-order valence-corrected chi connectivity index (χ4v) is 2.70. The van der Waals surface area contributed by atoms with Gasteiger partial charge in [-0.15, -0.1) is 0 Å². The Balaban J connectivity index is 2.00. The third-order valence-corrected chi connectivity index (χ3v) is 3.95. The van der Waals surface area contributed by atoms with Gasteiger partial charge < -0.3 is 15.3 Å². The Morgan fingerprint density at radius 3 is 2.73 bits per heavy atom.